The van der Waals surface area contributed by atoms with Crippen molar-refractivity contribution in [2.75, 3.05) is 5.33 Å². The average Bonchev–Trinajstić information content (AvgIpc) is 1.38. The van der Waals surface area contributed by atoms with Crippen LogP contribution < -0.4 is 0 Å². The van der Waals surface area contributed by atoms with Gasteiger partial charge < -0.3 is 0 Å². The van der Waals surface area contributed by atoms with Crippen LogP contribution in [0.25, 0.3) is 0 Å². The van der Waals surface area contributed by atoms with Gasteiger partial charge in [0.05, 0.1) is 5.33 Å². The number of ketones is 1. The lowest BCUT2D eigenvalue weighted by molar-refractivity contribution is -0.114. The van der Waals surface area contributed by atoms with E-state index >= 15 is 0 Å². The quantitative estimate of drug-likeness (QED) is 0.521. The summed E-state index contributed by atoms with van der Waals surface area (Å²) < 4.78 is 0. The Hall–Kier alpha value is 0.0800. The second-order valence-electron chi connectivity index (χ2n) is 0.836. The van der Waals surface area contributed by atoms with E-state index in [9.17, 15) is 4.79 Å². The van der Waals surface area contributed by atoms with E-state index in [1.807, 2.05) is 0 Å². The van der Waals surface area contributed by atoms with E-state index in [1.54, 1.807) is 0 Å². The third-order valence-electron chi connectivity index (χ3n) is 0.188. The van der Waals surface area contributed by atoms with Crippen LogP contribution in [0.4, 0.5) is 4.70 Å². The van der Waals surface area contributed by atoms with Crippen molar-refractivity contribution in [1.29, 1.82) is 0 Å². The van der Waals surface area contributed by atoms with E-state index in [1.165, 1.54) is 6.92 Å². The Morgan fingerprint density at radius 1 is 1.83 bits per heavy atom. The zero-order valence-electron chi connectivity index (χ0n) is 3.40. The van der Waals surface area contributed by atoms with Gasteiger partial charge in [0, 0.05) is 0 Å². The molecule has 0 amide bonds. The maximum Gasteiger partial charge on any atom is 0.140 e. The largest absolute Gasteiger partial charge is 0.299 e. The molecule has 0 radical (unpaired) electrons. The van der Waals surface area contributed by atoms with Crippen molar-refractivity contribution in [2.24, 2.45) is 0 Å². The molecule has 0 aromatic heterocycles. The number of alkyl halides is 1. The van der Waals surface area contributed by atoms with Gasteiger partial charge in [0.1, 0.15) is 5.78 Å². The fraction of sp³-hybridized carbons (Fsp3) is 0.667. The molecule has 0 aromatic carbocycles. The summed E-state index contributed by atoms with van der Waals surface area (Å²) >= 11 is 2.96. The molecule has 0 spiro atoms. The SMILES string of the molecule is CC(=O)CBr.F. The Kier molecular flexibility index (Phi) is 7.98. The van der Waals surface area contributed by atoms with Crippen molar-refractivity contribution >= 4 is 21.7 Å². The van der Waals surface area contributed by atoms with E-state index in [-0.39, 0.29) is 10.5 Å². The Bertz CT molecular complexity index is 46.1. The number of carbonyl (C=O) groups is 1. The minimum Gasteiger partial charge on any atom is -0.299 e. The molecule has 0 bridgehead atoms. The van der Waals surface area contributed by atoms with Crippen molar-refractivity contribution in [3.8, 4) is 0 Å². The van der Waals surface area contributed by atoms with Gasteiger partial charge in [0.15, 0.2) is 0 Å². The molecule has 0 heterocycles. The molecule has 0 unspecified atom stereocenters. The molecule has 0 saturated heterocycles. The lowest BCUT2D eigenvalue weighted by atomic mass is 10.5. The summed E-state index contributed by atoms with van der Waals surface area (Å²) in [6.45, 7) is 1.54. The predicted molar refractivity (Wildman–Crippen MR) is 27.0 cm³/mol. The molecule has 0 aliphatic carbocycles. The molecule has 0 atom stereocenters. The number of hydrogen-bond donors (Lipinski definition) is 0. The van der Waals surface area contributed by atoms with Gasteiger partial charge in [0.25, 0.3) is 0 Å². The summed E-state index contributed by atoms with van der Waals surface area (Å²) in [6.07, 6.45) is 0. The maximum absolute atomic E-state index is 9.77. The van der Waals surface area contributed by atoms with Crippen LogP contribution in [0.3, 0.4) is 0 Å². The summed E-state index contributed by atoms with van der Waals surface area (Å²) in [7, 11) is 0. The topological polar surface area (TPSA) is 17.1 Å². The number of halogens is 2. The van der Waals surface area contributed by atoms with Crippen molar-refractivity contribution in [2.45, 2.75) is 6.92 Å². The maximum atomic E-state index is 9.77. The Morgan fingerprint density at radius 3 is 2.00 bits per heavy atom. The van der Waals surface area contributed by atoms with Gasteiger partial charge in [-0.25, -0.2) is 0 Å². The molecule has 38 valence electrons. The van der Waals surface area contributed by atoms with E-state index in [0.29, 0.717) is 5.33 Å². The molecule has 0 saturated carbocycles. The molecule has 1 nitrogen and oxygen atoms in total. The zero-order chi connectivity index (χ0) is 4.28. The van der Waals surface area contributed by atoms with Crippen LogP contribution >= 0.6 is 15.9 Å². The first-order valence-corrected chi connectivity index (χ1v) is 2.45. The van der Waals surface area contributed by atoms with Gasteiger partial charge in [-0.15, -0.1) is 0 Å². The fourth-order valence-corrected chi connectivity index (χ4v) is 0. The first kappa shape index (κ1) is 9.43. The minimum absolute atomic E-state index is 0. The summed E-state index contributed by atoms with van der Waals surface area (Å²) in [6, 6.07) is 0. The molecule has 6 heavy (non-hydrogen) atoms. The number of carbonyl (C=O) groups excluding carboxylic acids is 1. The molecule has 0 fully saturated rings. The molecule has 3 heteroatoms. The zero-order valence-corrected chi connectivity index (χ0v) is 4.99. The number of hydrogen-bond acceptors (Lipinski definition) is 1. The van der Waals surface area contributed by atoms with Crippen LogP contribution in [0, 0.1) is 0 Å². The van der Waals surface area contributed by atoms with Crippen LogP contribution in [0.1, 0.15) is 6.92 Å². The molecular formula is C3H6BrFO. The normalized spacial score (nSPS) is 6.33. The van der Waals surface area contributed by atoms with Gasteiger partial charge in [-0.05, 0) is 6.92 Å². The Labute approximate surface area is 44.2 Å². The minimum atomic E-state index is 0. The third kappa shape index (κ3) is 8.95. The van der Waals surface area contributed by atoms with Crippen LogP contribution in [0.15, 0.2) is 0 Å². The lowest BCUT2D eigenvalue weighted by Gasteiger charge is -1.69. The van der Waals surface area contributed by atoms with Crippen LogP contribution in [0.5, 0.6) is 0 Å². The van der Waals surface area contributed by atoms with E-state index < -0.39 is 0 Å². The van der Waals surface area contributed by atoms with Gasteiger partial charge in [-0.2, -0.15) is 0 Å². The molecule has 0 aromatic rings. The molecule has 0 aliphatic rings. The average molecular weight is 157 g/mol. The van der Waals surface area contributed by atoms with Gasteiger partial charge in [-0.1, -0.05) is 15.9 Å². The van der Waals surface area contributed by atoms with Gasteiger partial charge in [0.2, 0.25) is 0 Å². The van der Waals surface area contributed by atoms with Crippen molar-refractivity contribution in [3.05, 3.63) is 0 Å². The predicted octanol–water partition coefficient (Wildman–Crippen LogP) is 1.12. The van der Waals surface area contributed by atoms with Crippen LogP contribution in [-0.2, 0) is 4.79 Å². The smallest absolute Gasteiger partial charge is 0.140 e. The second kappa shape index (κ2) is 5.08. The highest BCUT2D eigenvalue weighted by molar-refractivity contribution is 9.09. The summed E-state index contributed by atoms with van der Waals surface area (Å²) in [4.78, 5) is 9.77. The highest BCUT2D eigenvalue weighted by atomic mass is 79.9. The Balaban J connectivity index is 0. The standard InChI is InChI=1S/C3H5BrO.FH/c1-3(5)2-4;/h2H2,1H3;1H. The van der Waals surface area contributed by atoms with Crippen LogP contribution in [-0.4, -0.2) is 11.1 Å². The summed E-state index contributed by atoms with van der Waals surface area (Å²) in [5, 5.41) is 0.479. The third-order valence-corrected chi connectivity index (χ3v) is 0.978. The summed E-state index contributed by atoms with van der Waals surface area (Å²) in [5.41, 5.74) is 0. The fourth-order valence-electron chi connectivity index (χ4n) is 0. The van der Waals surface area contributed by atoms with Crippen molar-refractivity contribution in [1.82, 2.24) is 0 Å². The van der Waals surface area contributed by atoms with Crippen molar-refractivity contribution in [3.63, 3.8) is 0 Å². The number of rotatable bonds is 1. The van der Waals surface area contributed by atoms with Gasteiger partial charge in [-0.3, -0.25) is 9.50 Å². The highest BCUT2D eigenvalue weighted by Gasteiger charge is 1.78. The molecule has 0 rings (SSSR count). The van der Waals surface area contributed by atoms with Gasteiger partial charge >= 0.3 is 0 Å². The Morgan fingerprint density at radius 2 is 2.00 bits per heavy atom. The monoisotopic (exact) mass is 156 g/mol. The lowest BCUT2D eigenvalue weighted by Crippen LogP contribution is -1.85. The van der Waals surface area contributed by atoms with E-state index in [4.69, 9.17) is 0 Å². The van der Waals surface area contributed by atoms with E-state index in [0.717, 1.165) is 0 Å². The van der Waals surface area contributed by atoms with E-state index in [2.05, 4.69) is 15.9 Å². The first-order valence-electron chi connectivity index (χ1n) is 1.32. The molecule has 0 aliphatic heterocycles. The summed E-state index contributed by atoms with van der Waals surface area (Å²) in [5.74, 6) is 0.171. The number of Topliss-reactive ketones (excluding diaryl/α,β-unsaturated/α-hetero) is 1. The molecule has 0 N–H and O–H groups in total. The first-order chi connectivity index (χ1) is 2.27. The second-order valence-corrected chi connectivity index (χ2v) is 1.40. The molecular weight excluding hydrogens is 151 g/mol. The van der Waals surface area contributed by atoms with Crippen LogP contribution in [0.2, 0.25) is 0 Å². The highest BCUT2D eigenvalue weighted by Crippen LogP contribution is 1.76. The van der Waals surface area contributed by atoms with Crippen molar-refractivity contribution < 1.29 is 9.50 Å².